The van der Waals surface area contributed by atoms with Gasteiger partial charge >= 0.3 is 6.09 Å². The number of hydrogen-bond donors (Lipinski definition) is 2. The number of carbonyl (C=O) groups excluding carboxylic acids is 2. The number of carbonyl (C=O) groups is 2. The van der Waals surface area contributed by atoms with Crippen LogP contribution in [-0.2, 0) is 4.74 Å². The van der Waals surface area contributed by atoms with Gasteiger partial charge in [0, 0.05) is 32.2 Å². The van der Waals surface area contributed by atoms with Crippen molar-refractivity contribution in [3.63, 3.8) is 0 Å². The van der Waals surface area contributed by atoms with Gasteiger partial charge in [0.05, 0.1) is 5.69 Å². The first-order valence-corrected chi connectivity index (χ1v) is 9.58. The highest BCUT2D eigenvalue weighted by Crippen LogP contribution is 2.23. The Hall–Kier alpha value is -2.09. The lowest BCUT2D eigenvalue weighted by atomic mass is 10.00. The maximum Gasteiger partial charge on any atom is 0.410 e. The highest BCUT2D eigenvalue weighted by Gasteiger charge is 2.30. The number of anilines is 1. The second-order valence-corrected chi connectivity index (χ2v) is 7.93. The SMILES string of the molecule is CNC(=O)c1nnc(Cl)cc1NCCC1CCCCN1C(=O)OC(C)(C)C. The number of likely N-dealkylation sites (tertiary alicyclic amines) is 1. The van der Waals surface area contributed by atoms with Gasteiger partial charge in [-0.3, -0.25) is 4.79 Å². The maximum atomic E-state index is 12.5. The third kappa shape index (κ3) is 6.23. The molecule has 2 heterocycles. The predicted molar refractivity (Wildman–Crippen MR) is 104 cm³/mol. The topological polar surface area (TPSA) is 96.5 Å². The summed E-state index contributed by atoms with van der Waals surface area (Å²) in [5.74, 6) is -0.338. The van der Waals surface area contributed by atoms with Crippen molar-refractivity contribution in [3.05, 3.63) is 16.9 Å². The van der Waals surface area contributed by atoms with E-state index in [4.69, 9.17) is 16.3 Å². The Morgan fingerprint density at radius 1 is 1.33 bits per heavy atom. The minimum atomic E-state index is -0.515. The first kappa shape index (κ1) is 21.2. The van der Waals surface area contributed by atoms with E-state index >= 15 is 0 Å². The summed E-state index contributed by atoms with van der Waals surface area (Å²) >= 11 is 5.90. The van der Waals surface area contributed by atoms with Crippen LogP contribution in [0.1, 0.15) is 56.9 Å². The summed E-state index contributed by atoms with van der Waals surface area (Å²) in [6, 6.07) is 1.67. The third-order valence-corrected chi connectivity index (χ3v) is 4.44. The van der Waals surface area contributed by atoms with E-state index in [0.29, 0.717) is 18.8 Å². The second kappa shape index (κ2) is 9.21. The van der Waals surface area contributed by atoms with Gasteiger partial charge in [0.25, 0.3) is 5.91 Å². The van der Waals surface area contributed by atoms with Crippen LogP contribution in [0.2, 0.25) is 5.15 Å². The fourth-order valence-electron chi connectivity index (χ4n) is 3.02. The highest BCUT2D eigenvalue weighted by molar-refractivity contribution is 6.29. The van der Waals surface area contributed by atoms with E-state index in [0.717, 1.165) is 25.7 Å². The van der Waals surface area contributed by atoms with Crippen LogP contribution in [-0.4, -0.2) is 58.9 Å². The molecular formula is C18H28ClN5O3. The highest BCUT2D eigenvalue weighted by atomic mass is 35.5. The predicted octanol–water partition coefficient (Wildman–Crippen LogP) is 3.08. The molecule has 150 valence electrons. The summed E-state index contributed by atoms with van der Waals surface area (Å²) in [6.45, 7) is 6.87. The van der Waals surface area contributed by atoms with E-state index in [1.165, 1.54) is 7.05 Å². The molecule has 1 aromatic heterocycles. The Labute approximate surface area is 165 Å². The molecule has 2 rings (SSSR count). The standard InChI is InChI=1S/C18H28ClN5O3/c1-18(2,3)27-17(26)24-10-6-5-7-12(24)8-9-21-13-11-14(19)22-23-15(13)16(25)20-4/h11-12H,5-10H2,1-4H3,(H,20,25)(H,21,22). The number of halogens is 1. The molecule has 2 amide bonds. The van der Waals surface area contributed by atoms with Crippen LogP contribution < -0.4 is 10.6 Å². The number of amides is 2. The van der Waals surface area contributed by atoms with Crippen molar-refractivity contribution in [3.8, 4) is 0 Å². The summed E-state index contributed by atoms with van der Waals surface area (Å²) in [7, 11) is 1.53. The number of rotatable bonds is 5. The average Bonchev–Trinajstić information content (AvgIpc) is 2.60. The fraction of sp³-hybridized carbons (Fsp3) is 0.667. The van der Waals surface area contributed by atoms with E-state index in [1.807, 2.05) is 25.7 Å². The molecule has 0 aliphatic carbocycles. The van der Waals surface area contributed by atoms with Crippen LogP contribution in [0.3, 0.4) is 0 Å². The molecule has 27 heavy (non-hydrogen) atoms. The monoisotopic (exact) mass is 397 g/mol. The lowest BCUT2D eigenvalue weighted by Gasteiger charge is -2.37. The van der Waals surface area contributed by atoms with Crippen molar-refractivity contribution in [1.82, 2.24) is 20.4 Å². The van der Waals surface area contributed by atoms with E-state index in [1.54, 1.807) is 6.07 Å². The number of hydrogen-bond acceptors (Lipinski definition) is 6. The van der Waals surface area contributed by atoms with Crippen LogP contribution >= 0.6 is 11.6 Å². The number of ether oxygens (including phenoxy) is 1. The fourth-order valence-corrected chi connectivity index (χ4v) is 3.17. The molecule has 0 bridgehead atoms. The van der Waals surface area contributed by atoms with E-state index in [-0.39, 0.29) is 28.9 Å². The third-order valence-electron chi connectivity index (χ3n) is 4.25. The molecule has 8 nitrogen and oxygen atoms in total. The normalized spacial score (nSPS) is 17.4. The summed E-state index contributed by atoms with van der Waals surface area (Å²) in [4.78, 5) is 26.2. The Morgan fingerprint density at radius 2 is 2.07 bits per heavy atom. The molecule has 0 saturated carbocycles. The molecule has 1 aliphatic rings. The zero-order valence-corrected chi connectivity index (χ0v) is 17.1. The van der Waals surface area contributed by atoms with Crippen LogP contribution in [0.25, 0.3) is 0 Å². The molecule has 0 spiro atoms. The lowest BCUT2D eigenvalue weighted by molar-refractivity contribution is 0.00929. The minimum Gasteiger partial charge on any atom is -0.444 e. The van der Waals surface area contributed by atoms with Gasteiger partial charge in [-0.1, -0.05) is 11.6 Å². The van der Waals surface area contributed by atoms with Crippen LogP contribution in [0.5, 0.6) is 0 Å². The molecular weight excluding hydrogens is 370 g/mol. The number of nitrogens with zero attached hydrogens (tertiary/aromatic N) is 3. The molecule has 1 fully saturated rings. The van der Waals surface area contributed by atoms with Gasteiger partial charge in [-0.05, 0) is 46.5 Å². The van der Waals surface area contributed by atoms with Gasteiger partial charge in [0.1, 0.15) is 5.60 Å². The Morgan fingerprint density at radius 3 is 2.74 bits per heavy atom. The molecule has 0 radical (unpaired) electrons. The number of piperidine rings is 1. The lowest BCUT2D eigenvalue weighted by Crippen LogP contribution is -2.46. The van der Waals surface area contributed by atoms with Crippen molar-refractivity contribution in [2.45, 2.75) is 58.1 Å². The minimum absolute atomic E-state index is 0.0924. The number of aromatic nitrogens is 2. The van der Waals surface area contributed by atoms with E-state index in [2.05, 4.69) is 20.8 Å². The van der Waals surface area contributed by atoms with Crippen molar-refractivity contribution in [2.75, 3.05) is 25.5 Å². The van der Waals surface area contributed by atoms with Crippen LogP contribution in [0.4, 0.5) is 10.5 Å². The Kier molecular flexibility index (Phi) is 7.24. The van der Waals surface area contributed by atoms with Gasteiger partial charge in [0.2, 0.25) is 0 Å². The molecule has 2 N–H and O–H groups in total. The summed E-state index contributed by atoms with van der Waals surface area (Å²) in [5.41, 5.74) is 0.197. The summed E-state index contributed by atoms with van der Waals surface area (Å²) in [6.07, 6.45) is 3.45. The van der Waals surface area contributed by atoms with Crippen molar-refractivity contribution < 1.29 is 14.3 Å². The van der Waals surface area contributed by atoms with Crippen LogP contribution in [0, 0.1) is 0 Å². The quantitative estimate of drug-likeness (QED) is 0.792. The smallest absolute Gasteiger partial charge is 0.410 e. The largest absolute Gasteiger partial charge is 0.444 e. The first-order chi connectivity index (χ1) is 12.7. The molecule has 1 aromatic rings. The molecule has 0 aromatic carbocycles. The van der Waals surface area contributed by atoms with Gasteiger partial charge in [-0.2, -0.15) is 0 Å². The maximum absolute atomic E-state index is 12.5. The van der Waals surface area contributed by atoms with Gasteiger partial charge in [-0.25, -0.2) is 4.79 Å². The first-order valence-electron chi connectivity index (χ1n) is 9.20. The number of nitrogens with one attached hydrogen (secondary N) is 2. The summed E-state index contributed by atoms with van der Waals surface area (Å²) in [5, 5.41) is 13.5. The van der Waals surface area contributed by atoms with Crippen molar-refractivity contribution in [2.24, 2.45) is 0 Å². The summed E-state index contributed by atoms with van der Waals surface area (Å²) < 4.78 is 5.53. The zero-order chi connectivity index (χ0) is 20.0. The van der Waals surface area contributed by atoms with Gasteiger partial charge < -0.3 is 20.3 Å². The molecule has 1 aliphatic heterocycles. The second-order valence-electron chi connectivity index (χ2n) is 7.55. The van der Waals surface area contributed by atoms with E-state index in [9.17, 15) is 9.59 Å². The molecule has 9 heteroatoms. The molecule has 1 saturated heterocycles. The van der Waals surface area contributed by atoms with Crippen LogP contribution in [0.15, 0.2) is 6.07 Å². The van der Waals surface area contributed by atoms with Gasteiger partial charge in [0.15, 0.2) is 10.8 Å². The molecule has 1 unspecified atom stereocenters. The van der Waals surface area contributed by atoms with E-state index < -0.39 is 5.60 Å². The average molecular weight is 398 g/mol. The molecule has 1 atom stereocenters. The Bertz CT molecular complexity index is 677. The van der Waals surface area contributed by atoms with Crippen molar-refractivity contribution in [1.29, 1.82) is 0 Å². The van der Waals surface area contributed by atoms with Gasteiger partial charge in [-0.15, -0.1) is 10.2 Å². The Balaban J connectivity index is 1.99. The van der Waals surface area contributed by atoms with Crippen molar-refractivity contribution >= 4 is 29.3 Å². The zero-order valence-electron chi connectivity index (χ0n) is 16.3.